The van der Waals surface area contributed by atoms with Gasteiger partial charge >= 0.3 is 11.9 Å². The third kappa shape index (κ3) is 6.22. The number of nitrogens with one attached hydrogen (secondary N) is 1. The quantitative estimate of drug-likeness (QED) is 0.373. The van der Waals surface area contributed by atoms with Crippen molar-refractivity contribution >= 4 is 17.8 Å². The van der Waals surface area contributed by atoms with Crippen LogP contribution in [0, 0.1) is 0 Å². The highest BCUT2D eigenvalue weighted by Crippen LogP contribution is 1.85. The third-order valence-electron chi connectivity index (χ3n) is 1.32. The van der Waals surface area contributed by atoms with E-state index in [2.05, 4.69) is 10.1 Å². The third-order valence-corrected chi connectivity index (χ3v) is 1.32. The summed E-state index contributed by atoms with van der Waals surface area (Å²) < 4.78 is 4.19. The first-order chi connectivity index (χ1) is 6.97. The van der Waals surface area contributed by atoms with Crippen LogP contribution in [0.15, 0.2) is 12.2 Å². The van der Waals surface area contributed by atoms with E-state index in [-0.39, 0.29) is 6.54 Å². The molecule has 0 aliphatic rings. The molecule has 1 amide bonds. The van der Waals surface area contributed by atoms with Crippen molar-refractivity contribution in [3.8, 4) is 0 Å². The molecule has 0 saturated carbocycles. The molecule has 7 nitrogen and oxygen atoms in total. The molecule has 0 fully saturated rings. The Kier molecular flexibility index (Phi) is 5.72. The second kappa shape index (κ2) is 6.55. The van der Waals surface area contributed by atoms with Gasteiger partial charge in [0.1, 0.15) is 0 Å². The monoisotopic (exact) mass is 217 g/mol. The van der Waals surface area contributed by atoms with Crippen LogP contribution in [-0.4, -0.2) is 47.8 Å². The van der Waals surface area contributed by atoms with Gasteiger partial charge in [0.25, 0.3) is 0 Å². The van der Waals surface area contributed by atoms with Crippen LogP contribution >= 0.6 is 0 Å². The minimum absolute atomic E-state index is 0.338. The fourth-order valence-electron chi connectivity index (χ4n) is 0.623. The molecule has 3 N–H and O–H groups in total. The molecule has 0 rings (SSSR count). The number of carbonyl (C=O) groups is 3. The Morgan fingerprint density at radius 1 is 1.40 bits per heavy atom. The maximum absolute atomic E-state index is 10.8. The first-order valence-electron chi connectivity index (χ1n) is 3.92. The van der Waals surface area contributed by atoms with Gasteiger partial charge < -0.3 is 20.3 Å². The molecule has 84 valence electrons. The van der Waals surface area contributed by atoms with Crippen LogP contribution in [0.2, 0.25) is 0 Å². The number of esters is 1. The van der Waals surface area contributed by atoms with E-state index >= 15 is 0 Å². The van der Waals surface area contributed by atoms with E-state index in [4.69, 9.17) is 10.2 Å². The predicted molar refractivity (Wildman–Crippen MR) is 47.8 cm³/mol. The smallest absolute Gasteiger partial charge is 0.336 e. The van der Waals surface area contributed by atoms with E-state index in [1.54, 1.807) is 0 Å². The van der Waals surface area contributed by atoms with Crippen LogP contribution in [0.25, 0.3) is 0 Å². The van der Waals surface area contributed by atoms with Crippen molar-refractivity contribution in [2.24, 2.45) is 0 Å². The number of rotatable bonds is 5. The van der Waals surface area contributed by atoms with Gasteiger partial charge in [-0.2, -0.15) is 0 Å². The Labute approximate surface area is 85.3 Å². The zero-order valence-corrected chi connectivity index (χ0v) is 7.97. The molecule has 0 bridgehead atoms. The molecule has 7 heteroatoms. The summed E-state index contributed by atoms with van der Waals surface area (Å²) in [4.78, 5) is 31.5. The lowest BCUT2D eigenvalue weighted by atomic mass is 10.3. The highest BCUT2D eigenvalue weighted by molar-refractivity contribution is 5.94. The van der Waals surface area contributed by atoms with Crippen molar-refractivity contribution in [2.75, 3.05) is 13.7 Å². The summed E-state index contributed by atoms with van der Waals surface area (Å²) in [7, 11) is 1.09. The van der Waals surface area contributed by atoms with Crippen LogP contribution in [0.5, 0.6) is 0 Å². The number of hydrogen-bond acceptors (Lipinski definition) is 5. The largest absolute Gasteiger partial charge is 0.478 e. The first-order valence-corrected chi connectivity index (χ1v) is 3.92. The fraction of sp³-hybridized carbons (Fsp3) is 0.375. The van der Waals surface area contributed by atoms with E-state index < -0.39 is 23.9 Å². The number of amides is 1. The number of methoxy groups -OCH3 is 1. The molecule has 0 aromatic heterocycles. The highest BCUT2D eigenvalue weighted by atomic mass is 16.5. The van der Waals surface area contributed by atoms with Gasteiger partial charge in [0, 0.05) is 12.2 Å². The van der Waals surface area contributed by atoms with Crippen molar-refractivity contribution < 1.29 is 29.3 Å². The van der Waals surface area contributed by atoms with E-state index in [0.29, 0.717) is 6.08 Å². The summed E-state index contributed by atoms with van der Waals surface area (Å²) in [6.45, 7) is -0.338. The number of carboxylic acids is 1. The minimum atomic E-state index is -1.46. The number of carboxylic acid groups (broad SMARTS) is 1. The van der Waals surface area contributed by atoms with Gasteiger partial charge in [-0.05, 0) is 0 Å². The molecule has 1 unspecified atom stereocenters. The SMILES string of the molecule is COC(=O)C(O)CNC(=O)/C=C/C(=O)O. The number of aliphatic hydroxyl groups is 1. The molecule has 15 heavy (non-hydrogen) atoms. The second-order valence-electron chi connectivity index (χ2n) is 2.46. The first kappa shape index (κ1) is 13.1. The Morgan fingerprint density at radius 3 is 2.47 bits per heavy atom. The van der Waals surface area contributed by atoms with Gasteiger partial charge in [-0.3, -0.25) is 4.79 Å². The molecule has 0 heterocycles. The van der Waals surface area contributed by atoms with Gasteiger partial charge in [-0.1, -0.05) is 0 Å². The van der Waals surface area contributed by atoms with E-state index in [1.807, 2.05) is 0 Å². The molecule has 0 aliphatic carbocycles. The minimum Gasteiger partial charge on any atom is -0.478 e. The maximum atomic E-state index is 10.8. The Balaban J connectivity index is 3.91. The molecule has 0 spiro atoms. The normalized spacial score (nSPS) is 12.1. The van der Waals surface area contributed by atoms with Crippen LogP contribution in [0.3, 0.4) is 0 Å². The second-order valence-corrected chi connectivity index (χ2v) is 2.46. The van der Waals surface area contributed by atoms with Crippen LogP contribution in [0.4, 0.5) is 0 Å². The standard InChI is InChI=1S/C8H11NO6/c1-15-8(14)5(10)4-9-6(11)2-3-7(12)13/h2-3,5,10H,4H2,1H3,(H,9,11)(H,12,13)/b3-2+. The molecular formula is C8H11NO6. The summed E-state index contributed by atoms with van der Waals surface area (Å²) in [6.07, 6.45) is -0.0520. The fourth-order valence-corrected chi connectivity index (χ4v) is 0.623. The molecular weight excluding hydrogens is 206 g/mol. The average Bonchev–Trinajstić information content (AvgIpc) is 2.21. The van der Waals surface area contributed by atoms with E-state index in [1.165, 1.54) is 0 Å². The maximum Gasteiger partial charge on any atom is 0.336 e. The van der Waals surface area contributed by atoms with Gasteiger partial charge in [-0.15, -0.1) is 0 Å². The number of hydrogen-bond donors (Lipinski definition) is 3. The molecule has 0 aliphatic heterocycles. The molecule has 0 aromatic carbocycles. The van der Waals surface area contributed by atoms with Crippen molar-refractivity contribution in [2.45, 2.75) is 6.10 Å². The average molecular weight is 217 g/mol. The molecule has 0 saturated heterocycles. The predicted octanol–water partition coefficient (Wildman–Crippen LogP) is -1.72. The zero-order valence-electron chi connectivity index (χ0n) is 7.97. The van der Waals surface area contributed by atoms with Gasteiger partial charge in [-0.25, -0.2) is 9.59 Å². The van der Waals surface area contributed by atoms with Crippen molar-refractivity contribution in [1.29, 1.82) is 0 Å². The lowest BCUT2D eigenvalue weighted by molar-refractivity contribution is -0.150. The number of aliphatic carboxylic acids is 1. The van der Waals surface area contributed by atoms with Crippen LogP contribution < -0.4 is 5.32 Å². The topological polar surface area (TPSA) is 113 Å². The molecule has 0 radical (unpaired) electrons. The zero-order chi connectivity index (χ0) is 11.8. The number of aliphatic hydroxyl groups excluding tert-OH is 1. The number of carbonyl (C=O) groups excluding carboxylic acids is 2. The summed E-state index contributed by atoms with van der Waals surface area (Å²) in [5.41, 5.74) is 0. The van der Waals surface area contributed by atoms with Gasteiger partial charge in [0.2, 0.25) is 5.91 Å². The van der Waals surface area contributed by atoms with Gasteiger partial charge in [0.15, 0.2) is 6.10 Å². The summed E-state index contributed by atoms with van der Waals surface area (Å²) in [5, 5.41) is 19.3. The molecule has 0 aromatic rings. The summed E-state index contributed by atoms with van der Waals surface area (Å²) in [6, 6.07) is 0. The van der Waals surface area contributed by atoms with Crippen molar-refractivity contribution in [3.05, 3.63) is 12.2 Å². The van der Waals surface area contributed by atoms with Crippen molar-refractivity contribution in [3.63, 3.8) is 0 Å². The van der Waals surface area contributed by atoms with Crippen LogP contribution in [-0.2, 0) is 19.1 Å². The Bertz CT molecular complexity index is 285. The lowest BCUT2D eigenvalue weighted by Gasteiger charge is -2.07. The van der Waals surface area contributed by atoms with Gasteiger partial charge in [0.05, 0.1) is 13.7 Å². The Morgan fingerprint density at radius 2 is 2.00 bits per heavy atom. The van der Waals surface area contributed by atoms with E-state index in [0.717, 1.165) is 13.2 Å². The number of ether oxygens (including phenoxy) is 1. The summed E-state index contributed by atoms with van der Waals surface area (Å²) in [5.74, 6) is -2.86. The summed E-state index contributed by atoms with van der Waals surface area (Å²) >= 11 is 0. The highest BCUT2D eigenvalue weighted by Gasteiger charge is 2.15. The van der Waals surface area contributed by atoms with Crippen LogP contribution in [0.1, 0.15) is 0 Å². The Hall–Kier alpha value is -1.89. The van der Waals surface area contributed by atoms with Crippen molar-refractivity contribution in [1.82, 2.24) is 5.32 Å². The molecule has 1 atom stereocenters. The lowest BCUT2D eigenvalue weighted by Crippen LogP contribution is -2.36. The van der Waals surface area contributed by atoms with E-state index in [9.17, 15) is 14.4 Å².